The fourth-order valence-electron chi connectivity index (χ4n) is 4.14. The summed E-state index contributed by atoms with van der Waals surface area (Å²) in [4.78, 5) is 32.1. The van der Waals surface area contributed by atoms with Gasteiger partial charge in [0.15, 0.2) is 0 Å². The number of halogens is 1. The van der Waals surface area contributed by atoms with Crippen molar-refractivity contribution in [1.29, 1.82) is 0 Å². The Kier molecular flexibility index (Phi) is 8.00. The van der Waals surface area contributed by atoms with Gasteiger partial charge in [-0.1, -0.05) is 13.8 Å². The summed E-state index contributed by atoms with van der Waals surface area (Å²) in [5.74, 6) is -0.115. The van der Waals surface area contributed by atoms with Crippen molar-refractivity contribution in [2.75, 3.05) is 32.1 Å². The molecular weight excluding hydrogens is 463 g/mol. The van der Waals surface area contributed by atoms with E-state index in [1.807, 2.05) is 38.1 Å². The molecule has 1 fully saturated rings. The standard InChI is InChI=1S/C27H31FN4O4/c1-18(2)26(34)31(15-23-5-4-14-36-23)17-25(33)30-27-29-24(19-6-12-22(35-3)13-7-19)16-32(27)21-10-8-20(28)9-11-21/h6-13,16,18,23H,4-5,14-15,17H2,1-3H3,(H,29,30,33). The van der Waals surface area contributed by atoms with Gasteiger partial charge in [-0.3, -0.25) is 19.5 Å². The van der Waals surface area contributed by atoms with Crippen LogP contribution in [0.2, 0.25) is 0 Å². The highest BCUT2D eigenvalue weighted by Gasteiger charge is 2.26. The predicted molar refractivity (Wildman–Crippen MR) is 135 cm³/mol. The number of rotatable bonds is 9. The molecule has 2 amide bonds. The Morgan fingerprint density at radius 2 is 1.92 bits per heavy atom. The lowest BCUT2D eigenvalue weighted by molar-refractivity contribution is -0.139. The number of hydrogen-bond acceptors (Lipinski definition) is 5. The third kappa shape index (κ3) is 6.09. The van der Waals surface area contributed by atoms with Gasteiger partial charge < -0.3 is 14.4 Å². The van der Waals surface area contributed by atoms with Gasteiger partial charge in [0.2, 0.25) is 17.8 Å². The van der Waals surface area contributed by atoms with Gasteiger partial charge in [-0.15, -0.1) is 0 Å². The van der Waals surface area contributed by atoms with Crippen molar-refractivity contribution in [2.24, 2.45) is 5.92 Å². The minimum absolute atomic E-state index is 0.0663. The summed E-state index contributed by atoms with van der Waals surface area (Å²) in [6, 6.07) is 13.3. The van der Waals surface area contributed by atoms with Gasteiger partial charge >= 0.3 is 0 Å². The topological polar surface area (TPSA) is 85.7 Å². The van der Waals surface area contributed by atoms with Gasteiger partial charge in [-0.2, -0.15) is 0 Å². The van der Waals surface area contributed by atoms with Crippen molar-refractivity contribution in [3.8, 4) is 22.7 Å². The van der Waals surface area contributed by atoms with E-state index in [0.29, 0.717) is 30.3 Å². The van der Waals surface area contributed by atoms with Gasteiger partial charge in [-0.25, -0.2) is 9.37 Å². The number of ether oxygens (including phenoxy) is 2. The molecule has 1 atom stereocenters. The van der Waals surface area contributed by atoms with Crippen molar-refractivity contribution in [3.05, 3.63) is 60.5 Å². The molecule has 1 aliphatic heterocycles. The molecule has 36 heavy (non-hydrogen) atoms. The average Bonchev–Trinajstić information content (AvgIpc) is 3.54. The van der Waals surface area contributed by atoms with Crippen molar-refractivity contribution in [3.63, 3.8) is 0 Å². The zero-order valence-electron chi connectivity index (χ0n) is 20.7. The Hall–Kier alpha value is -3.72. The zero-order valence-corrected chi connectivity index (χ0v) is 20.7. The summed E-state index contributed by atoms with van der Waals surface area (Å²) in [5, 5.41) is 2.85. The number of amides is 2. The van der Waals surface area contributed by atoms with Gasteiger partial charge in [-0.05, 0) is 61.4 Å². The van der Waals surface area contributed by atoms with Crippen LogP contribution < -0.4 is 10.1 Å². The molecule has 2 heterocycles. The number of methoxy groups -OCH3 is 1. The van der Waals surface area contributed by atoms with Crippen molar-refractivity contribution in [2.45, 2.75) is 32.8 Å². The smallest absolute Gasteiger partial charge is 0.246 e. The lowest BCUT2D eigenvalue weighted by Gasteiger charge is -2.26. The summed E-state index contributed by atoms with van der Waals surface area (Å²) < 4.78 is 26.2. The SMILES string of the molecule is COc1ccc(-c2cn(-c3ccc(F)cc3)c(NC(=O)CN(CC3CCCO3)C(=O)C(C)C)n2)cc1. The van der Waals surface area contributed by atoms with Gasteiger partial charge in [0, 0.05) is 36.5 Å². The van der Waals surface area contributed by atoms with E-state index >= 15 is 0 Å². The van der Waals surface area contributed by atoms with E-state index in [-0.39, 0.29) is 42.1 Å². The number of anilines is 1. The van der Waals surface area contributed by atoms with E-state index in [1.165, 1.54) is 12.1 Å². The molecule has 1 saturated heterocycles. The molecule has 1 aromatic heterocycles. The first-order valence-corrected chi connectivity index (χ1v) is 12.0. The maximum absolute atomic E-state index is 13.6. The molecule has 0 saturated carbocycles. The molecule has 8 nitrogen and oxygen atoms in total. The van der Waals surface area contributed by atoms with Crippen LogP contribution >= 0.6 is 0 Å². The summed E-state index contributed by atoms with van der Waals surface area (Å²) in [7, 11) is 1.60. The van der Waals surface area contributed by atoms with E-state index in [2.05, 4.69) is 10.3 Å². The van der Waals surface area contributed by atoms with Crippen LogP contribution in [0.15, 0.2) is 54.7 Å². The molecule has 4 rings (SSSR count). The molecule has 1 aliphatic rings. The Labute approximate surface area is 210 Å². The van der Waals surface area contributed by atoms with Crippen LogP contribution in [0.3, 0.4) is 0 Å². The number of aromatic nitrogens is 2. The van der Waals surface area contributed by atoms with E-state index in [1.54, 1.807) is 34.9 Å². The number of imidazole rings is 1. The second-order valence-corrected chi connectivity index (χ2v) is 9.08. The summed E-state index contributed by atoms with van der Waals surface area (Å²) in [6.45, 7) is 4.54. The van der Waals surface area contributed by atoms with Crippen LogP contribution in [0.25, 0.3) is 16.9 Å². The van der Waals surface area contributed by atoms with Crippen LogP contribution in [-0.4, -0.2) is 59.2 Å². The van der Waals surface area contributed by atoms with Crippen LogP contribution in [0, 0.1) is 11.7 Å². The number of benzene rings is 2. The van der Waals surface area contributed by atoms with Gasteiger partial charge in [0.1, 0.15) is 18.1 Å². The van der Waals surface area contributed by atoms with Crippen LogP contribution in [0.4, 0.5) is 10.3 Å². The van der Waals surface area contributed by atoms with E-state index in [0.717, 1.165) is 18.4 Å². The normalized spacial score (nSPS) is 15.2. The van der Waals surface area contributed by atoms with Gasteiger partial charge in [0.05, 0.1) is 18.9 Å². The zero-order chi connectivity index (χ0) is 25.7. The van der Waals surface area contributed by atoms with Crippen LogP contribution in [0.5, 0.6) is 5.75 Å². The second-order valence-electron chi connectivity index (χ2n) is 9.08. The lowest BCUT2D eigenvalue weighted by atomic mass is 10.1. The van der Waals surface area contributed by atoms with E-state index in [4.69, 9.17) is 9.47 Å². The molecule has 0 radical (unpaired) electrons. The molecular formula is C27H31FN4O4. The number of carbonyl (C=O) groups excluding carboxylic acids is 2. The number of nitrogens with one attached hydrogen (secondary N) is 1. The largest absolute Gasteiger partial charge is 0.497 e. The third-order valence-corrected chi connectivity index (χ3v) is 6.04. The highest BCUT2D eigenvalue weighted by Crippen LogP contribution is 2.26. The Bertz CT molecular complexity index is 1190. The maximum Gasteiger partial charge on any atom is 0.246 e. The molecule has 0 spiro atoms. The summed E-state index contributed by atoms with van der Waals surface area (Å²) in [5.41, 5.74) is 2.07. The van der Waals surface area contributed by atoms with Crippen LogP contribution in [0.1, 0.15) is 26.7 Å². The summed E-state index contributed by atoms with van der Waals surface area (Å²) >= 11 is 0. The minimum Gasteiger partial charge on any atom is -0.497 e. The highest BCUT2D eigenvalue weighted by molar-refractivity contribution is 5.94. The van der Waals surface area contributed by atoms with Gasteiger partial charge in [0.25, 0.3) is 0 Å². The predicted octanol–water partition coefficient (Wildman–Crippen LogP) is 4.29. The number of nitrogens with zero attached hydrogens (tertiary/aromatic N) is 3. The fourth-order valence-corrected chi connectivity index (χ4v) is 4.14. The molecule has 0 aliphatic carbocycles. The first-order valence-electron chi connectivity index (χ1n) is 12.0. The molecule has 9 heteroatoms. The Morgan fingerprint density at radius 1 is 1.19 bits per heavy atom. The Balaban J connectivity index is 1.59. The molecule has 0 bridgehead atoms. The lowest BCUT2D eigenvalue weighted by Crippen LogP contribution is -2.44. The summed E-state index contributed by atoms with van der Waals surface area (Å²) in [6.07, 6.45) is 3.52. The minimum atomic E-state index is -0.378. The first kappa shape index (κ1) is 25.4. The highest BCUT2D eigenvalue weighted by atomic mass is 19.1. The molecule has 190 valence electrons. The quantitative estimate of drug-likeness (QED) is 0.480. The van der Waals surface area contributed by atoms with E-state index in [9.17, 15) is 14.0 Å². The first-order chi connectivity index (χ1) is 17.3. The van der Waals surface area contributed by atoms with Crippen LogP contribution in [-0.2, 0) is 14.3 Å². The van der Waals surface area contributed by atoms with Crippen molar-refractivity contribution >= 4 is 17.8 Å². The fraction of sp³-hybridized carbons (Fsp3) is 0.370. The monoisotopic (exact) mass is 494 g/mol. The van der Waals surface area contributed by atoms with Crippen molar-refractivity contribution < 1.29 is 23.5 Å². The maximum atomic E-state index is 13.6. The van der Waals surface area contributed by atoms with E-state index < -0.39 is 0 Å². The average molecular weight is 495 g/mol. The second kappa shape index (κ2) is 11.3. The third-order valence-electron chi connectivity index (χ3n) is 6.04. The molecule has 3 aromatic rings. The Morgan fingerprint density at radius 3 is 2.53 bits per heavy atom. The molecule has 1 unspecified atom stereocenters. The molecule has 2 aromatic carbocycles. The molecule has 1 N–H and O–H groups in total. The van der Waals surface area contributed by atoms with Crippen molar-refractivity contribution in [1.82, 2.24) is 14.5 Å². The number of hydrogen-bond donors (Lipinski definition) is 1. The number of carbonyl (C=O) groups is 2.